The molecule has 0 aromatic carbocycles. The van der Waals surface area contributed by atoms with E-state index in [1.807, 2.05) is 27.7 Å². The van der Waals surface area contributed by atoms with Crippen molar-refractivity contribution in [2.75, 3.05) is 6.54 Å². The molecule has 0 aromatic rings. The summed E-state index contributed by atoms with van der Waals surface area (Å²) in [6.45, 7) is 11.3. The molecule has 1 aliphatic rings. The monoisotopic (exact) mass is 174 g/mol. The second kappa shape index (κ2) is 10.9. The van der Waals surface area contributed by atoms with Crippen LogP contribution in [0.15, 0.2) is 0 Å². The Balaban J connectivity index is 0. The number of rotatable bonds is 1. The van der Waals surface area contributed by atoms with Gasteiger partial charge in [-0.1, -0.05) is 41.0 Å². The second-order valence-electron chi connectivity index (χ2n) is 2.44. The van der Waals surface area contributed by atoms with Gasteiger partial charge in [0.1, 0.15) is 0 Å². The highest BCUT2D eigenvalue weighted by atomic mass is 15.1. The molecule has 2 unspecified atom stereocenters. The fourth-order valence-electron chi connectivity index (χ4n) is 1.24. The van der Waals surface area contributed by atoms with E-state index in [0.29, 0.717) is 0 Å². The van der Waals surface area contributed by atoms with Gasteiger partial charge in [0.25, 0.3) is 0 Å². The Bertz CT molecular complexity index is 74.2. The van der Waals surface area contributed by atoms with E-state index in [0.717, 1.165) is 12.5 Å². The van der Waals surface area contributed by atoms with Gasteiger partial charge in [-0.15, -0.1) is 0 Å². The molecule has 0 aliphatic carbocycles. The van der Waals surface area contributed by atoms with Crippen LogP contribution < -0.4 is 11.1 Å². The van der Waals surface area contributed by atoms with Crippen LogP contribution >= 0.6 is 0 Å². The summed E-state index contributed by atoms with van der Waals surface area (Å²) in [5.74, 6) is 0.731. The first-order chi connectivity index (χ1) is 5.84. The van der Waals surface area contributed by atoms with Crippen molar-refractivity contribution in [3.8, 4) is 0 Å². The highest BCUT2D eigenvalue weighted by molar-refractivity contribution is 4.77. The van der Waals surface area contributed by atoms with Crippen LogP contribution in [0.5, 0.6) is 0 Å². The minimum atomic E-state index is 0.278. The Kier molecular flexibility index (Phi) is 13.1. The van der Waals surface area contributed by atoms with Crippen LogP contribution in [0.3, 0.4) is 0 Å². The SMILES string of the molecule is CC.CC.CCC1CCNC1N. The largest absolute Gasteiger partial charge is 0.316 e. The van der Waals surface area contributed by atoms with Crippen molar-refractivity contribution >= 4 is 0 Å². The number of hydrogen-bond donors (Lipinski definition) is 2. The van der Waals surface area contributed by atoms with Crippen molar-refractivity contribution in [1.82, 2.24) is 5.32 Å². The van der Waals surface area contributed by atoms with Gasteiger partial charge >= 0.3 is 0 Å². The first kappa shape index (κ1) is 14.4. The molecular formula is C10H26N2. The molecule has 1 fully saturated rings. The maximum Gasteiger partial charge on any atom is 0.0575 e. The first-order valence-corrected chi connectivity index (χ1v) is 5.33. The average Bonchev–Trinajstić information content (AvgIpc) is 2.58. The van der Waals surface area contributed by atoms with Crippen LogP contribution in [-0.2, 0) is 0 Å². The lowest BCUT2D eigenvalue weighted by Crippen LogP contribution is -2.35. The van der Waals surface area contributed by atoms with Crippen LogP contribution in [0.4, 0.5) is 0 Å². The third kappa shape index (κ3) is 5.56. The van der Waals surface area contributed by atoms with Crippen LogP contribution in [0.1, 0.15) is 47.5 Å². The molecule has 76 valence electrons. The summed E-state index contributed by atoms with van der Waals surface area (Å²) < 4.78 is 0. The van der Waals surface area contributed by atoms with Gasteiger partial charge in [-0.3, -0.25) is 0 Å². The van der Waals surface area contributed by atoms with E-state index >= 15 is 0 Å². The topological polar surface area (TPSA) is 38.0 Å². The molecule has 0 spiro atoms. The quantitative estimate of drug-likeness (QED) is 0.640. The average molecular weight is 174 g/mol. The lowest BCUT2D eigenvalue weighted by molar-refractivity contribution is 0.447. The highest BCUT2D eigenvalue weighted by Crippen LogP contribution is 2.14. The van der Waals surface area contributed by atoms with E-state index < -0.39 is 0 Å². The van der Waals surface area contributed by atoms with E-state index in [2.05, 4.69) is 12.2 Å². The number of hydrogen-bond acceptors (Lipinski definition) is 2. The molecule has 0 radical (unpaired) electrons. The van der Waals surface area contributed by atoms with Crippen molar-refractivity contribution in [2.45, 2.75) is 53.6 Å². The summed E-state index contributed by atoms with van der Waals surface area (Å²) >= 11 is 0. The van der Waals surface area contributed by atoms with Gasteiger partial charge in [0, 0.05) is 0 Å². The van der Waals surface area contributed by atoms with E-state index in [1.165, 1.54) is 12.8 Å². The van der Waals surface area contributed by atoms with Gasteiger partial charge in [-0.2, -0.15) is 0 Å². The molecule has 2 heteroatoms. The summed E-state index contributed by atoms with van der Waals surface area (Å²) in [6.07, 6.45) is 2.76. The summed E-state index contributed by atoms with van der Waals surface area (Å²) in [6, 6.07) is 0. The molecule has 1 rings (SSSR count). The van der Waals surface area contributed by atoms with Crippen molar-refractivity contribution in [1.29, 1.82) is 0 Å². The number of nitrogens with one attached hydrogen (secondary N) is 1. The predicted octanol–water partition coefficient (Wildman–Crippen LogP) is 2.34. The molecular weight excluding hydrogens is 148 g/mol. The molecule has 0 amide bonds. The zero-order chi connectivity index (χ0) is 9.98. The summed E-state index contributed by atoms with van der Waals surface area (Å²) in [5, 5.41) is 3.20. The van der Waals surface area contributed by atoms with E-state index in [9.17, 15) is 0 Å². The molecule has 3 N–H and O–H groups in total. The molecule has 2 nitrogen and oxygen atoms in total. The van der Waals surface area contributed by atoms with Crippen molar-refractivity contribution in [3.63, 3.8) is 0 Å². The lowest BCUT2D eigenvalue weighted by Gasteiger charge is -2.10. The highest BCUT2D eigenvalue weighted by Gasteiger charge is 2.20. The molecule has 0 saturated carbocycles. The Morgan fingerprint density at radius 3 is 1.92 bits per heavy atom. The molecule has 12 heavy (non-hydrogen) atoms. The molecule has 2 atom stereocenters. The fourth-order valence-corrected chi connectivity index (χ4v) is 1.24. The zero-order valence-electron chi connectivity index (χ0n) is 9.35. The van der Waals surface area contributed by atoms with Gasteiger partial charge in [0.05, 0.1) is 6.17 Å². The lowest BCUT2D eigenvalue weighted by atomic mass is 10.0. The minimum Gasteiger partial charge on any atom is -0.316 e. The molecule has 0 bridgehead atoms. The van der Waals surface area contributed by atoms with Gasteiger partial charge in [0.15, 0.2) is 0 Å². The molecule has 1 saturated heterocycles. The fraction of sp³-hybridized carbons (Fsp3) is 1.00. The maximum atomic E-state index is 5.68. The second-order valence-corrected chi connectivity index (χ2v) is 2.44. The normalized spacial score (nSPS) is 26.5. The third-order valence-electron chi connectivity index (χ3n) is 1.93. The Labute approximate surface area is 77.9 Å². The van der Waals surface area contributed by atoms with Crippen molar-refractivity contribution < 1.29 is 0 Å². The van der Waals surface area contributed by atoms with Crippen molar-refractivity contribution in [2.24, 2.45) is 11.7 Å². The molecule has 0 aromatic heterocycles. The van der Waals surface area contributed by atoms with E-state index in [1.54, 1.807) is 0 Å². The number of nitrogens with two attached hydrogens (primary N) is 1. The molecule has 1 heterocycles. The van der Waals surface area contributed by atoms with E-state index in [-0.39, 0.29) is 6.17 Å². The Morgan fingerprint density at radius 2 is 1.75 bits per heavy atom. The third-order valence-corrected chi connectivity index (χ3v) is 1.93. The first-order valence-electron chi connectivity index (χ1n) is 5.33. The van der Waals surface area contributed by atoms with E-state index in [4.69, 9.17) is 5.73 Å². The van der Waals surface area contributed by atoms with Crippen LogP contribution in [0.25, 0.3) is 0 Å². The smallest absolute Gasteiger partial charge is 0.0575 e. The summed E-state index contributed by atoms with van der Waals surface area (Å²) in [7, 11) is 0. The van der Waals surface area contributed by atoms with Crippen LogP contribution in [0.2, 0.25) is 0 Å². The van der Waals surface area contributed by atoms with Gasteiger partial charge < -0.3 is 11.1 Å². The molecule has 1 aliphatic heterocycles. The van der Waals surface area contributed by atoms with Crippen LogP contribution in [-0.4, -0.2) is 12.7 Å². The van der Waals surface area contributed by atoms with Crippen LogP contribution in [0, 0.1) is 5.92 Å². The van der Waals surface area contributed by atoms with Gasteiger partial charge in [-0.25, -0.2) is 0 Å². The maximum absolute atomic E-state index is 5.68. The minimum absolute atomic E-state index is 0.278. The zero-order valence-corrected chi connectivity index (χ0v) is 9.35. The van der Waals surface area contributed by atoms with Gasteiger partial charge in [-0.05, 0) is 18.9 Å². The Hall–Kier alpha value is -0.0800. The predicted molar refractivity (Wildman–Crippen MR) is 57.1 cm³/mol. The van der Waals surface area contributed by atoms with Gasteiger partial charge in [0.2, 0.25) is 0 Å². The standard InChI is InChI=1S/C6H14N2.2C2H6/c1-2-5-3-4-8-6(5)7;2*1-2/h5-6,8H,2-4,7H2,1H3;2*1-2H3. The Morgan fingerprint density at radius 1 is 1.25 bits per heavy atom. The summed E-state index contributed by atoms with van der Waals surface area (Å²) in [5.41, 5.74) is 5.68. The summed E-state index contributed by atoms with van der Waals surface area (Å²) in [4.78, 5) is 0. The van der Waals surface area contributed by atoms with Crippen molar-refractivity contribution in [3.05, 3.63) is 0 Å².